The van der Waals surface area contributed by atoms with Gasteiger partial charge in [-0.1, -0.05) is 60.2 Å². The zero-order valence-electron chi connectivity index (χ0n) is 16.9. The molecule has 3 aromatic rings. The molecule has 0 N–H and O–H groups in total. The van der Waals surface area contributed by atoms with Crippen LogP contribution in [0.15, 0.2) is 78.9 Å². The van der Waals surface area contributed by atoms with Gasteiger partial charge < -0.3 is 0 Å². The molecule has 2 heterocycles. The molecule has 30 heavy (non-hydrogen) atoms. The Labute approximate surface area is 175 Å². The Hall–Kier alpha value is -3.44. The molecule has 3 atom stereocenters. The summed E-state index contributed by atoms with van der Waals surface area (Å²) in [6.07, 6.45) is -0.843. The Balaban J connectivity index is 1.59. The third-order valence-electron chi connectivity index (χ3n) is 5.80. The van der Waals surface area contributed by atoms with Crippen molar-refractivity contribution in [1.82, 2.24) is 0 Å². The Kier molecular flexibility index (Phi) is 4.40. The molecule has 150 valence electrons. The van der Waals surface area contributed by atoms with Crippen molar-refractivity contribution < 1.29 is 14.4 Å². The third-order valence-corrected chi connectivity index (χ3v) is 5.80. The second-order valence-electron chi connectivity index (χ2n) is 7.92. The van der Waals surface area contributed by atoms with Gasteiger partial charge in [0.15, 0.2) is 6.10 Å². The van der Waals surface area contributed by atoms with Crippen LogP contribution in [0.4, 0.5) is 11.4 Å². The molecule has 0 saturated carbocycles. The van der Waals surface area contributed by atoms with E-state index in [9.17, 15) is 9.59 Å². The highest BCUT2D eigenvalue weighted by molar-refractivity contribution is 6.23. The Bertz CT molecular complexity index is 1110. The molecule has 5 rings (SSSR count). The molecule has 5 nitrogen and oxygen atoms in total. The summed E-state index contributed by atoms with van der Waals surface area (Å²) in [5.41, 5.74) is 4.49. The van der Waals surface area contributed by atoms with Gasteiger partial charge in [0.1, 0.15) is 5.92 Å². The van der Waals surface area contributed by atoms with Gasteiger partial charge in [0.25, 0.3) is 5.91 Å². The summed E-state index contributed by atoms with van der Waals surface area (Å²) in [5, 5.41) is 1.73. The summed E-state index contributed by atoms with van der Waals surface area (Å²) in [5.74, 6) is -1.15. The molecule has 0 spiro atoms. The smallest absolute Gasteiger partial charge is 0.266 e. The Morgan fingerprint density at radius 3 is 2.13 bits per heavy atom. The third kappa shape index (κ3) is 2.90. The van der Waals surface area contributed by atoms with E-state index in [1.807, 2.05) is 86.6 Å². The molecule has 5 heteroatoms. The first kappa shape index (κ1) is 18.6. The lowest BCUT2D eigenvalue weighted by atomic mass is 9.90. The number of hydrogen-bond acceptors (Lipinski definition) is 4. The topological polar surface area (TPSA) is 49.9 Å². The molecule has 2 aliphatic rings. The van der Waals surface area contributed by atoms with E-state index in [4.69, 9.17) is 4.84 Å². The highest BCUT2D eigenvalue weighted by atomic mass is 16.7. The molecule has 2 amide bonds. The normalized spacial score (nSPS) is 23.2. The molecule has 2 fully saturated rings. The standard InChI is InChI=1S/C25H22N2O3/c1-16-11-13-18(14-12-16)22-21-23(30-27(22)19-8-4-3-5-9-19)25(29)26(24(21)28)20-10-6-7-17(2)15-20/h3-15,21-23H,1-2H3/t21-,22+,23+/m1/s1. The number of carbonyl (C=O) groups excluding carboxylic acids is 2. The Morgan fingerprint density at radius 1 is 0.733 bits per heavy atom. The van der Waals surface area contributed by atoms with Crippen LogP contribution >= 0.6 is 0 Å². The quantitative estimate of drug-likeness (QED) is 0.616. The maximum atomic E-state index is 13.5. The maximum absolute atomic E-state index is 13.5. The second-order valence-corrected chi connectivity index (χ2v) is 7.92. The van der Waals surface area contributed by atoms with Crippen LogP contribution in [-0.4, -0.2) is 17.9 Å². The zero-order chi connectivity index (χ0) is 20.8. The van der Waals surface area contributed by atoms with Crippen molar-refractivity contribution in [2.75, 3.05) is 9.96 Å². The monoisotopic (exact) mass is 398 g/mol. The molecule has 0 bridgehead atoms. The van der Waals surface area contributed by atoms with E-state index < -0.39 is 12.0 Å². The molecule has 0 aromatic heterocycles. The lowest BCUT2D eigenvalue weighted by molar-refractivity contribution is -0.126. The van der Waals surface area contributed by atoms with E-state index in [0.717, 1.165) is 22.4 Å². The van der Waals surface area contributed by atoms with Gasteiger partial charge in [-0.25, -0.2) is 9.96 Å². The maximum Gasteiger partial charge on any atom is 0.266 e. The number of hydrogen-bond donors (Lipinski definition) is 0. The first-order valence-corrected chi connectivity index (χ1v) is 10.1. The molecular weight excluding hydrogens is 376 g/mol. The summed E-state index contributed by atoms with van der Waals surface area (Å²) in [4.78, 5) is 34.2. The number of fused-ring (bicyclic) bond motifs is 1. The van der Waals surface area contributed by atoms with Crippen LogP contribution in [0.2, 0.25) is 0 Å². The van der Waals surface area contributed by atoms with Crippen molar-refractivity contribution in [2.45, 2.75) is 26.0 Å². The lowest BCUT2D eigenvalue weighted by Crippen LogP contribution is -2.37. The predicted octanol–water partition coefficient (Wildman–Crippen LogP) is 4.35. The van der Waals surface area contributed by atoms with Gasteiger partial charge in [0.05, 0.1) is 17.4 Å². The summed E-state index contributed by atoms with van der Waals surface area (Å²) in [6, 6.07) is 24.7. The first-order valence-electron chi connectivity index (χ1n) is 10.1. The van der Waals surface area contributed by atoms with Gasteiger partial charge in [0, 0.05) is 0 Å². The largest absolute Gasteiger partial charge is 0.273 e. The number of para-hydroxylation sites is 1. The van der Waals surface area contributed by atoms with E-state index in [1.165, 1.54) is 4.90 Å². The zero-order valence-corrected chi connectivity index (χ0v) is 16.9. The number of aryl methyl sites for hydroxylation is 2. The van der Waals surface area contributed by atoms with Gasteiger partial charge in [-0.15, -0.1) is 0 Å². The van der Waals surface area contributed by atoms with Crippen LogP contribution in [0.3, 0.4) is 0 Å². The highest BCUT2D eigenvalue weighted by Gasteiger charge is 2.60. The van der Waals surface area contributed by atoms with Crippen molar-refractivity contribution in [3.05, 3.63) is 95.6 Å². The number of nitrogens with zero attached hydrogens (tertiary/aromatic N) is 2. The van der Waals surface area contributed by atoms with Crippen LogP contribution in [-0.2, 0) is 14.4 Å². The van der Waals surface area contributed by atoms with Crippen molar-refractivity contribution in [1.29, 1.82) is 0 Å². The van der Waals surface area contributed by atoms with Crippen molar-refractivity contribution in [3.8, 4) is 0 Å². The molecular formula is C25H22N2O3. The average molecular weight is 398 g/mol. The summed E-state index contributed by atoms with van der Waals surface area (Å²) < 4.78 is 0. The van der Waals surface area contributed by atoms with Crippen molar-refractivity contribution in [2.24, 2.45) is 5.92 Å². The van der Waals surface area contributed by atoms with Gasteiger partial charge in [-0.2, -0.15) is 0 Å². The van der Waals surface area contributed by atoms with Gasteiger partial charge >= 0.3 is 0 Å². The predicted molar refractivity (Wildman–Crippen MR) is 115 cm³/mol. The number of imide groups is 1. The van der Waals surface area contributed by atoms with E-state index in [-0.39, 0.29) is 17.9 Å². The number of carbonyl (C=O) groups is 2. The van der Waals surface area contributed by atoms with Crippen LogP contribution in [0.5, 0.6) is 0 Å². The molecule has 3 aromatic carbocycles. The molecule has 2 saturated heterocycles. The summed E-state index contributed by atoms with van der Waals surface area (Å²) >= 11 is 0. The van der Waals surface area contributed by atoms with Gasteiger partial charge in [-0.3, -0.25) is 14.4 Å². The lowest BCUT2D eigenvalue weighted by Gasteiger charge is -2.28. The number of rotatable bonds is 3. The minimum Gasteiger partial charge on any atom is -0.273 e. The fourth-order valence-electron chi connectivity index (χ4n) is 4.34. The fraction of sp³-hybridized carbons (Fsp3) is 0.200. The van der Waals surface area contributed by atoms with E-state index in [2.05, 4.69) is 0 Å². The van der Waals surface area contributed by atoms with Crippen LogP contribution in [0.25, 0.3) is 0 Å². The van der Waals surface area contributed by atoms with Crippen LogP contribution in [0, 0.1) is 19.8 Å². The van der Waals surface area contributed by atoms with Crippen LogP contribution < -0.4 is 9.96 Å². The van der Waals surface area contributed by atoms with E-state index >= 15 is 0 Å². The van der Waals surface area contributed by atoms with Gasteiger partial charge in [0.2, 0.25) is 5.91 Å². The number of anilines is 2. The summed E-state index contributed by atoms with van der Waals surface area (Å²) in [7, 11) is 0. The van der Waals surface area contributed by atoms with E-state index in [0.29, 0.717) is 5.69 Å². The number of amides is 2. The first-order chi connectivity index (χ1) is 14.5. The molecule has 0 aliphatic carbocycles. The fourth-order valence-corrected chi connectivity index (χ4v) is 4.34. The van der Waals surface area contributed by atoms with Gasteiger partial charge in [-0.05, 0) is 49.2 Å². The minimum absolute atomic E-state index is 0.223. The molecule has 0 radical (unpaired) electrons. The summed E-state index contributed by atoms with van der Waals surface area (Å²) in [6.45, 7) is 3.97. The highest BCUT2D eigenvalue weighted by Crippen LogP contribution is 2.47. The van der Waals surface area contributed by atoms with E-state index in [1.54, 1.807) is 11.1 Å². The average Bonchev–Trinajstić information content (AvgIpc) is 3.26. The van der Waals surface area contributed by atoms with Crippen molar-refractivity contribution >= 4 is 23.2 Å². The van der Waals surface area contributed by atoms with Crippen molar-refractivity contribution in [3.63, 3.8) is 0 Å². The number of benzene rings is 3. The SMILES string of the molecule is Cc1ccc([C@H]2[C@H]3C(=O)N(c4cccc(C)c4)C(=O)[C@H]3ON2c2ccccc2)cc1. The second kappa shape index (κ2) is 7.11. The molecule has 2 aliphatic heterocycles. The van der Waals surface area contributed by atoms with Crippen LogP contribution in [0.1, 0.15) is 22.7 Å². The molecule has 0 unspecified atom stereocenters. The Morgan fingerprint density at radius 2 is 1.43 bits per heavy atom. The minimum atomic E-state index is -0.843. The number of hydroxylamine groups is 1.